The number of aromatic nitrogens is 1. The first-order valence-corrected chi connectivity index (χ1v) is 5.82. The molecule has 0 saturated carbocycles. The van der Waals surface area contributed by atoms with E-state index >= 15 is 0 Å². The lowest BCUT2D eigenvalue weighted by Crippen LogP contribution is -2.06. The minimum atomic E-state index is -4.58. The van der Waals surface area contributed by atoms with Crippen molar-refractivity contribution in [1.82, 2.24) is 4.98 Å². The SMILES string of the molecule is N#Cc1c(-c2ccc(O)cc2)[nH]c(C(F)(F)F)c1Br. The Hall–Kier alpha value is -1.94. The lowest BCUT2D eigenvalue weighted by Gasteiger charge is -2.03. The molecule has 0 atom stereocenters. The zero-order chi connectivity index (χ0) is 14.2. The molecule has 0 aliphatic rings. The van der Waals surface area contributed by atoms with Crippen LogP contribution in [0.25, 0.3) is 11.3 Å². The zero-order valence-corrected chi connectivity index (χ0v) is 10.8. The molecule has 7 heteroatoms. The monoisotopic (exact) mass is 330 g/mol. The van der Waals surface area contributed by atoms with Gasteiger partial charge in [-0.15, -0.1) is 0 Å². The summed E-state index contributed by atoms with van der Waals surface area (Å²) in [6.07, 6.45) is -4.58. The molecule has 1 aromatic carbocycles. The Morgan fingerprint density at radius 2 is 1.79 bits per heavy atom. The van der Waals surface area contributed by atoms with Crippen LogP contribution in [0.4, 0.5) is 13.2 Å². The van der Waals surface area contributed by atoms with Crippen molar-refractivity contribution in [1.29, 1.82) is 5.26 Å². The van der Waals surface area contributed by atoms with Crippen molar-refractivity contribution in [3.63, 3.8) is 0 Å². The maximum absolute atomic E-state index is 12.7. The smallest absolute Gasteiger partial charge is 0.432 e. The number of benzene rings is 1. The van der Waals surface area contributed by atoms with Gasteiger partial charge in [-0.25, -0.2) is 0 Å². The molecule has 1 aromatic heterocycles. The first-order chi connectivity index (χ1) is 8.84. The van der Waals surface area contributed by atoms with Gasteiger partial charge in [-0.3, -0.25) is 0 Å². The third-order valence-corrected chi connectivity index (χ3v) is 3.28. The molecule has 2 aromatic rings. The number of aromatic amines is 1. The number of aromatic hydroxyl groups is 1. The van der Waals surface area contributed by atoms with Gasteiger partial charge in [-0.05, 0) is 45.8 Å². The van der Waals surface area contributed by atoms with Gasteiger partial charge < -0.3 is 10.1 Å². The minimum absolute atomic E-state index is 0.0103. The van der Waals surface area contributed by atoms with Crippen molar-refractivity contribution in [3.8, 4) is 23.1 Å². The Morgan fingerprint density at radius 1 is 1.21 bits per heavy atom. The average Bonchev–Trinajstić information content (AvgIpc) is 2.67. The van der Waals surface area contributed by atoms with Gasteiger partial charge in [0.1, 0.15) is 17.5 Å². The van der Waals surface area contributed by atoms with Crippen LogP contribution in [0.15, 0.2) is 28.7 Å². The Kier molecular flexibility index (Phi) is 3.28. The van der Waals surface area contributed by atoms with Crippen LogP contribution in [0.5, 0.6) is 5.75 Å². The summed E-state index contributed by atoms with van der Waals surface area (Å²) in [5.41, 5.74) is -0.697. The number of hydrogen-bond acceptors (Lipinski definition) is 2. The molecule has 0 unspecified atom stereocenters. The number of rotatable bonds is 1. The van der Waals surface area contributed by atoms with E-state index in [0.717, 1.165) is 0 Å². The Labute approximate surface area is 114 Å². The summed E-state index contributed by atoms with van der Waals surface area (Å²) in [5.74, 6) is -0.0103. The number of halogens is 4. The van der Waals surface area contributed by atoms with E-state index < -0.39 is 11.9 Å². The predicted molar refractivity (Wildman–Crippen MR) is 65.3 cm³/mol. The van der Waals surface area contributed by atoms with E-state index in [2.05, 4.69) is 20.9 Å². The van der Waals surface area contributed by atoms with Crippen LogP contribution in [0.3, 0.4) is 0 Å². The molecule has 0 bridgehead atoms. The maximum Gasteiger partial charge on any atom is 0.432 e. The van der Waals surface area contributed by atoms with E-state index in [4.69, 9.17) is 10.4 Å². The van der Waals surface area contributed by atoms with Crippen LogP contribution in [-0.2, 0) is 6.18 Å². The first kappa shape index (κ1) is 13.5. The number of H-pyrrole nitrogens is 1. The van der Waals surface area contributed by atoms with Crippen molar-refractivity contribution in [3.05, 3.63) is 40.0 Å². The van der Waals surface area contributed by atoms with Gasteiger partial charge >= 0.3 is 6.18 Å². The number of nitriles is 1. The van der Waals surface area contributed by atoms with Crippen LogP contribution in [0.1, 0.15) is 11.3 Å². The third-order valence-electron chi connectivity index (χ3n) is 2.49. The maximum atomic E-state index is 12.7. The molecule has 98 valence electrons. The second-order valence-corrected chi connectivity index (χ2v) is 4.51. The molecule has 19 heavy (non-hydrogen) atoms. The quantitative estimate of drug-likeness (QED) is 0.828. The summed E-state index contributed by atoms with van der Waals surface area (Å²) in [6, 6.07) is 7.24. The molecule has 0 aliphatic carbocycles. The highest BCUT2D eigenvalue weighted by Gasteiger charge is 2.37. The lowest BCUT2D eigenvalue weighted by atomic mass is 10.1. The van der Waals surface area contributed by atoms with Crippen LogP contribution in [0, 0.1) is 11.3 Å². The average molecular weight is 331 g/mol. The Balaban J connectivity index is 2.65. The van der Waals surface area contributed by atoms with Crippen LogP contribution in [0.2, 0.25) is 0 Å². The summed E-state index contributed by atoms with van der Waals surface area (Å²) < 4.78 is 37.9. The van der Waals surface area contributed by atoms with Crippen molar-refractivity contribution in [2.24, 2.45) is 0 Å². The van der Waals surface area contributed by atoms with Crippen LogP contribution >= 0.6 is 15.9 Å². The summed E-state index contributed by atoms with van der Waals surface area (Å²) in [5, 5.41) is 18.1. The zero-order valence-electron chi connectivity index (χ0n) is 9.22. The van der Waals surface area contributed by atoms with Gasteiger partial charge in [0.2, 0.25) is 0 Å². The van der Waals surface area contributed by atoms with E-state index in [0.29, 0.717) is 5.56 Å². The molecule has 3 nitrogen and oxygen atoms in total. The van der Waals surface area contributed by atoms with Gasteiger partial charge in [0.25, 0.3) is 0 Å². The van der Waals surface area contributed by atoms with Gasteiger partial charge in [0.15, 0.2) is 0 Å². The molecule has 0 amide bonds. The number of alkyl halides is 3. The van der Waals surface area contributed by atoms with Crippen LogP contribution in [-0.4, -0.2) is 10.1 Å². The normalized spacial score (nSPS) is 11.3. The number of phenolic OH excluding ortho intramolecular Hbond substituents is 1. The second kappa shape index (κ2) is 4.63. The van der Waals surface area contributed by atoms with Gasteiger partial charge in [-0.2, -0.15) is 18.4 Å². The molecular formula is C12H6BrF3N2O. The molecular weight excluding hydrogens is 325 g/mol. The molecule has 0 saturated heterocycles. The summed E-state index contributed by atoms with van der Waals surface area (Å²) in [4.78, 5) is 2.20. The highest BCUT2D eigenvalue weighted by atomic mass is 79.9. The van der Waals surface area contributed by atoms with E-state index in [1.807, 2.05) is 0 Å². The molecule has 0 spiro atoms. The Morgan fingerprint density at radius 3 is 2.26 bits per heavy atom. The van der Waals surface area contributed by atoms with E-state index in [1.165, 1.54) is 24.3 Å². The van der Waals surface area contributed by atoms with E-state index in [-0.39, 0.29) is 21.5 Å². The van der Waals surface area contributed by atoms with Crippen LogP contribution < -0.4 is 0 Å². The van der Waals surface area contributed by atoms with E-state index in [1.54, 1.807) is 6.07 Å². The second-order valence-electron chi connectivity index (χ2n) is 3.72. The summed E-state index contributed by atoms with van der Waals surface area (Å²) in [7, 11) is 0. The van der Waals surface area contributed by atoms with Crippen molar-refractivity contribution in [2.45, 2.75) is 6.18 Å². The molecule has 2 rings (SSSR count). The van der Waals surface area contributed by atoms with Gasteiger partial charge in [0, 0.05) is 0 Å². The van der Waals surface area contributed by atoms with Crippen molar-refractivity contribution in [2.75, 3.05) is 0 Å². The third kappa shape index (κ3) is 2.44. The van der Waals surface area contributed by atoms with Gasteiger partial charge in [-0.1, -0.05) is 0 Å². The number of nitrogens with one attached hydrogen (secondary N) is 1. The standard InChI is InChI=1S/C12H6BrF3N2O/c13-9-8(5-17)10(18-11(9)12(14,15)16)6-1-3-7(19)4-2-6/h1-4,18-19H. The fraction of sp³-hybridized carbons (Fsp3) is 0.0833. The van der Waals surface area contributed by atoms with Gasteiger partial charge in [0.05, 0.1) is 15.7 Å². The highest BCUT2D eigenvalue weighted by molar-refractivity contribution is 9.10. The molecule has 0 fully saturated rings. The number of hydrogen-bond donors (Lipinski definition) is 2. The topological polar surface area (TPSA) is 59.8 Å². The Bertz CT molecular complexity index is 653. The summed E-state index contributed by atoms with van der Waals surface area (Å²) >= 11 is 2.79. The lowest BCUT2D eigenvalue weighted by molar-refractivity contribution is -0.141. The molecule has 0 aliphatic heterocycles. The largest absolute Gasteiger partial charge is 0.508 e. The van der Waals surface area contributed by atoms with E-state index in [9.17, 15) is 13.2 Å². The fourth-order valence-corrected chi connectivity index (χ4v) is 2.23. The molecule has 2 N–H and O–H groups in total. The highest BCUT2D eigenvalue weighted by Crippen LogP contribution is 2.40. The molecule has 1 heterocycles. The number of nitrogens with zero attached hydrogens (tertiary/aromatic N) is 1. The summed E-state index contributed by atoms with van der Waals surface area (Å²) in [6.45, 7) is 0. The number of phenols is 1. The predicted octanol–water partition coefficient (Wildman–Crippen LogP) is 4.04. The minimum Gasteiger partial charge on any atom is -0.508 e. The fourth-order valence-electron chi connectivity index (χ4n) is 1.62. The van der Waals surface area contributed by atoms with Crippen molar-refractivity contribution < 1.29 is 18.3 Å². The molecule has 0 radical (unpaired) electrons. The first-order valence-electron chi connectivity index (χ1n) is 5.02. The van der Waals surface area contributed by atoms with Crippen molar-refractivity contribution >= 4 is 15.9 Å².